The number of halogens is 1. The SMILES string of the molecule is C[C@H]1CC[C@H](c2ccccc2)S(=O)(=O)N1Cc1cc(N2[C@@H]3CC[C@H]2CC(n2cnnc2)C3)ccc1F. The fourth-order valence-corrected chi connectivity index (χ4v) is 8.76. The minimum absolute atomic E-state index is 0.0546. The molecule has 0 amide bonds. The first-order valence-electron chi connectivity index (χ1n) is 12.9. The van der Waals surface area contributed by atoms with Crippen molar-refractivity contribution >= 4 is 15.7 Å². The van der Waals surface area contributed by atoms with Gasteiger partial charge in [0.05, 0.1) is 0 Å². The molecule has 2 bridgehead atoms. The standard InChI is InChI=1S/C27H32FN5O2S/c1-19-7-12-27(20-5-3-2-4-6-20)36(34,35)32(19)16-21-13-22(10-11-26(21)28)33-23-8-9-24(33)15-25(14-23)31-17-29-30-18-31/h2-6,10-11,13,17-19,23-25,27H,7-9,12,14-16H2,1H3/t19-,23-,24+,25?,27+/m0/s1. The number of aromatic nitrogens is 3. The van der Waals surface area contributed by atoms with E-state index in [0.29, 0.717) is 30.1 Å². The van der Waals surface area contributed by atoms with Crippen LogP contribution in [0.25, 0.3) is 0 Å². The second-order valence-electron chi connectivity index (χ2n) is 10.5. The molecule has 0 aliphatic carbocycles. The van der Waals surface area contributed by atoms with Gasteiger partial charge in [-0.15, -0.1) is 10.2 Å². The topological polar surface area (TPSA) is 71.3 Å². The molecule has 1 aromatic heterocycles. The van der Waals surface area contributed by atoms with Crippen LogP contribution in [0.3, 0.4) is 0 Å². The molecule has 0 N–H and O–H groups in total. The lowest BCUT2D eigenvalue weighted by Crippen LogP contribution is -2.45. The zero-order valence-corrected chi connectivity index (χ0v) is 21.3. The summed E-state index contributed by atoms with van der Waals surface area (Å²) in [6, 6.07) is 15.6. The van der Waals surface area contributed by atoms with Crippen LogP contribution in [0.5, 0.6) is 0 Å². The molecule has 3 aliphatic rings. The van der Waals surface area contributed by atoms with Crippen LogP contribution in [0, 0.1) is 5.82 Å². The van der Waals surface area contributed by atoms with Gasteiger partial charge in [-0.1, -0.05) is 30.3 Å². The summed E-state index contributed by atoms with van der Waals surface area (Å²) in [4.78, 5) is 2.44. The Labute approximate surface area is 212 Å². The Morgan fingerprint density at radius 2 is 1.61 bits per heavy atom. The molecule has 0 saturated carbocycles. The quantitative estimate of drug-likeness (QED) is 0.492. The van der Waals surface area contributed by atoms with E-state index in [0.717, 1.165) is 43.4 Å². The Morgan fingerprint density at radius 1 is 0.917 bits per heavy atom. The van der Waals surface area contributed by atoms with E-state index in [1.54, 1.807) is 12.7 Å². The maximum absolute atomic E-state index is 15.1. The Morgan fingerprint density at radius 3 is 2.31 bits per heavy atom. The molecule has 7 nitrogen and oxygen atoms in total. The van der Waals surface area contributed by atoms with E-state index in [2.05, 4.69) is 19.7 Å². The maximum Gasteiger partial charge on any atom is 0.221 e. The van der Waals surface area contributed by atoms with Gasteiger partial charge in [-0.25, -0.2) is 12.8 Å². The summed E-state index contributed by atoms with van der Waals surface area (Å²) >= 11 is 0. The van der Waals surface area contributed by atoms with Crippen LogP contribution in [0.1, 0.15) is 67.9 Å². The molecule has 0 spiro atoms. The van der Waals surface area contributed by atoms with Gasteiger partial charge < -0.3 is 9.47 Å². The fourth-order valence-electron chi connectivity index (χ4n) is 6.57. The molecule has 3 fully saturated rings. The van der Waals surface area contributed by atoms with Gasteiger partial charge >= 0.3 is 0 Å². The molecule has 4 heterocycles. The van der Waals surface area contributed by atoms with Crippen molar-refractivity contribution in [2.24, 2.45) is 0 Å². The highest BCUT2D eigenvalue weighted by Crippen LogP contribution is 2.44. The fraction of sp³-hybridized carbons (Fsp3) is 0.481. The average molecular weight is 510 g/mol. The van der Waals surface area contributed by atoms with Crippen LogP contribution >= 0.6 is 0 Å². The lowest BCUT2D eigenvalue weighted by Gasteiger charge is -2.41. The highest BCUT2D eigenvalue weighted by molar-refractivity contribution is 7.89. The molecular formula is C27H32FN5O2S. The summed E-state index contributed by atoms with van der Waals surface area (Å²) in [7, 11) is -3.62. The van der Waals surface area contributed by atoms with Crippen LogP contribution in [0.2, 0.25) is 0 Å². The van der Waals surface area contributed by atoms with E-state index in [-0.39, 0.29) is 18.4 Å². The first kappa shape index (κ1) is 23.6. The van der Waals surface area contributed by atoms with E-state index in [9.17, 15) is 8.42 Å². The molecule has 36 heavy (non-hydrogen) atoms. The van der Waals surface area contributed by atoms with Crippen LogP contribution in [-0.2, 0) is 16.6 Å². The normalized spacial score (nSPS) is 29.9. The largest absolute Gasteiger partial charge is 0.365 e. The van der Waals surface area contributed by atoms with Gasteiger partial charge in [0.25, 0.3) is 0 Å². The van der Waals surface area contributed by atoms with Crippen molar-refractivity contribution in [3.63, 3.8) is 0 Å². The molecule has 190 valence electrons. The van der Waals surface area contributed by atoms with Crippen LogP contribution in [0.4, 0.5) is 10.1 Å². The number of fused-ring (bicyclic) bond motifs is 2. The first-order chi connectivity index (χ1) is 17.4. The van der Waals surface area contributed by atoms with Crippen molar-refractivity contribution in [3.05, 3.63) is 78.1 Å². The number of benzene rings is 2. The highest BCUT2D eigenvalue weighted by atomic mass is 32.2. The molecule has 3 saturated heterocycles. The summed E-state index contributed by atoms with van der Waals surface area (Å²) in [5.74, 6) is -0.352. The highest BCUT2D eigenvalue weighted by Gasteiger charge is 2.43. The van der Waals surface area contributed by atoms with Crippen molar-refractivity contribution in [2.75, 3.05) is 4.90 Å². The van der Waals surface area contributed by atoms with E-state index >= 15 is 4.39 Å². The second kappa shape index (κ2) is 9.27. The maximum atomic E-state index is 15.1. The van der Waals surface area contributed by atoms with Gasteiger partial charge in [-0.3, -0.25) is 0 Å². The smallest absolute Gasteiger partial charge is 0.221 e. The molecule has 6 rings (SSSR count). The van der Waals surface area contributed by atoms with Gasteiger partial charge in [0.1, 0.15) is 23.7 Å². The third kappa shape index (κ3) is 4.12. The molecule has 9 heteroatoms. The van der Waals surface area contributed by atoms with Crippen molar-refractivity contribution in [2.45, 2.75) is 81.4 Å². The summed E-state index contributed by atoms with van der Waals surface area (Å²) in [6.07, 6.45) is 9.11. The monoisotopic (exact) mass is 509 g/mol. The van der Waals surface area contributed by atoms with Crippen molar-refractivity contribution in [3.8, 4) is 0 Å². The summed E-state index contributed by atoms with van der Waals surface area (Å²) in [6.45, 7) is 1.98. The molecule has 3 aliphatic heterocycles. The number of hydrogen-bond acceptors (Lipinski definition) is 5. The van der Waals surface area contributed by atoms with Gasteiger partial charge in [0.2, 0.25) is 10.0 Å². The number of sulfonamides is 1. The van der Waals surface area contributed by atoms with Gasteiger partial charge in [-0.2, -0.15) is 4.31 Å². The van der Waals surface area contributed by atoms with Crippen LogP contribution in [0.15, 0.2) is 61.2 Å². The molecular weight excluding hydrogens is 477 g/mol. The van der Waals surface area contributed by atoms with E-state index < -0.39 is 15.3 Å². The second-order valence-corrected chi connectivity index (χ2v) is 12.6. The minimum atomic E-state index is -3.62. The third-order valence-corrected chi connectivity index (χ3v) is 10.8. The molecule has 2 aromatic carbocycles. The molecule has 3 aromatic rings. The van der Waals surface area contributed by atoms with Gasteiger partial charge in [0.15, 0.2) is 0 Å². The van der Waals surface area contributed by atoms with E-state index in [4.69, 9.17) is 0 Å². The van der Waals surface area contributed by atoms with Crippen LogP contribution < -0.4 is 4.90 Å². The van der Waals surface area contributed by atoms with E-state index in [1.807, 2.05) is 49.4 Å². The molecule has 1 unspecified atom stereocenters. The Kier molecular flexibility index (Phi) is 6.08. The minimum Gasteiger partial charge on any atom is -0.365 e. The summed E-state index contributed by atoms with van der Waals surface area (Å²) < 4.78 is 46.0. The zero-order valence-electron chi connectivity index (χ0n) is 20.4. The lowest BCUT2D eigenvalue weighted by molar-refractivity contribution is 0.279. The number of rotatable bonds is 5. The third-order valence-electron chi connectivity index (χ3n) is 8.42. The van der Waals surface area contributed by atoms with Crippen molar-refractivity contribution in [1.82, 2.24) is 19.1 Å². The van der Waals surface area contributed by atoms with E-state index in [1.165, 1.54) is 10.4 Å². The van der Waals surface area contributed by atoms with Crippen molar-refractivity contribution in [1.29, 1.82) is 0 Å². The number of hydrogen-bond donors (Lipinski definition) is 0. The zero-order chi connectivity index (χ0) is 24.9. The van der Waals surface area contributed by atoms with Gasteiger partial charge in [0, 0.05) is 42.0 Å². The Balaban J connectivity index is 1.26. The number of piperidine rings is 1. The molecule has 5 atom stereocenters. The predicted molar refractivity (Wildman–Crippen MR) is 136 cm³/mol. The predicted octanol–water partition coefficient (Wildman–Crippen LogP) is 4.85. The Bertz CT molecular complexity index is 1300. The van der Waals surface area contributed by atoms with Crippen LogP contribution in [-0.4, -0.2) is 45.6 Å². The Hall–Kier alpha value is -2.78. The van der Waals surface area contributed by atoms with Gasteiger partial charge in [-0.05, 0) is 69.2 Å². The first-order valence-corrected chi connectivity index (χ1v) is 14.4. The van der Waals surface area contributed by atoms with Crippen molar-refractivity contribution < 1.29 is 12.8 Å². The number of nitrogens with zero attached hydrogens (tertiary/aromatic N) is 5. The summed E-state index contributed by atoms with van der Waals surface area (Å²) in [5, 5.41) is 7.35. The average Bonchev–Trinajstić information content (AvgIpc) is 3.50. The molecule has 0 radical (unpaired) electrons. The lowest BCUT2D eigenvalue weighted by atomic mass is 9.96. The number of anilines is 1. The summed E-state index contributed by atoms with van der Waals surface area (Å²) in [5.41, 5.74) is 2.23.